The average molecular weight is 353 g/mol. The van der Waals surface area contributed by atoms with Gasteiger partial charge in [-0.05, 0) is 24.6 Å². The first kappa shape index (κ1) is 16.6. The summed E-state index contributed by atoms with van der Waals surface area (Å²) in [5, 5.41) is 18.8. The molecule has 1 aliphatic carbocycles. The number of hydrogen-bond acceptors (Lipinski definition) is 5. The van der Waals surface area contributed by atoms with Gasteiger partial charge in [0, 0.05) is 18.7 Å². The van der Waals surface area contributed by atoms with Crippen LogP contribution in [0, 0.1) is 17.2 Å². The molecule has 0 bridgehead atoms. The number of rotatable bonds is 2. The van der Waals surface area contributed by atoms with Crippen LogP contribution in [0.15, 0.2) is 30.4 Å². The summed E-state index contributed by atoms with van der Waals surface area (Å²) >= 11 is 0. The SMILES string of the molecule is C=C1CC1C(=O)N1CCN(C(=O)c2cc(O)cc(C#N)c2)[C@H]2COC[C@H]21. The van der Waals surface area contributed by atoms with Crippen molar-refractivity contribution in [3.8, 4) is 11.8 Å². The van der Waals surface area contributed by atoms with E-state index in [0.29, 0.717) is 26.3 Å². The fraction of sp³-hybridized carbons (Fsp3) is 0.421. The second-order valence-corrected chi connectivity index (χ2v) is 7.00. The molecule has 0 aromatic heterocycles. The summed E-state index contributed by atoms with van der Waals surface area (Å²) in [6.45, 7) is 5.48. The van der Waals surface area contributed by atoms with Crippen LogP contribution in [0.25, 0.3) is 0 Å². The molecule has 2 saturated heterocycles. The molecule has 3 aliphatic rings. The maximum atomic E-state index is 13.0. The standard InChI is InChI=1S/C19H19N3O4/c1-11-4-15(11)19(25)22-3-2-21(16-9-26-10-17(16)22)18(24)13-5-12(8-20)6-14(23)7-13/h5-7,15-17,23H,1-4,9-10H2/t15?,16-,17+/m0/s1. The third-order valence-electron chi connectivity index (χ3n) is 5.34. The molecule has 4 rings (SSSR count). The Labute approximate surface area is 151 Å². The van der Waals surface area contributed by atoms with Gasteiger partial charge in [0.2, 0.25) is 5.91 Å². The Bertz CT molecular complexity index is 844. The molecular formula is C19H19N3O4. The third-order valence-corrected chi connectivity index (χ3v) is 5.34. The number of phenolic OH excluding ortho intramolecular Hbond substituents is 1. The number of aromatic hydroxyl groups is 1. The van der Waals surface area contributed by atoms with Crippen LogP contribution in [-0.2, 0) is 9.53 Å². The van der Waals surface area contributed by atoms with Crippen molar-refractivity contribution in [2.24, 2.45) is 5.92 Å². The van der Waals surface area contributed by atoms with E-state index in [1.807, 2.05) is 11.0 Å². The molecular weight excluding hydrogens is 334 g/mol. The first-order valence-electron chi connectivity index (χ1n) is 8.60. The number of carbonyl (C=O) groups is 2. The summed E-state index contributed by atoms with van der Waals surface area (Å²) in [7, 11) is 0. The van der Waals surface area contributed by atoms with Crippen LogP contribution in [0.3, 0.4) is 0 Å². The number of nitriles is 1. The highest BCUT2D eigenvalue weighted by molar-refractivity contribution is 5.95. The zero-order chi connectivity index (χ0) is 18.4. The molecule has 3 atom stereocenters. The number of hydrogen-bond donors (Lipinski definition) is 1. The molecule has 26 heavy (non-hydrogen) atoms. The number of carbonyl (C=O) groups excluding carboxylic acids is 2. The van der Waals surface area contributed by atoms with Gasteiger partial charge >= 0.3 is 0 Å². The molecule has 0 spiro atoms. The van der Waals surface area contributed by atoms with Gasteiger partial charge in [-0.2, -0.15) is 5.26 Å². The summed E-state index contributed by atoms with van der Waals surface area (Å²) in [5.41, 5.74) is 1.46. The maximum absolute atomic E-state index is 13.0. The summed E-state index contributed by atoms with van der Waals surface area (Å²) < 4.78 is 5.57. The molecule has 0 radical (unpaired) electrons. The quantitative estimate of drug-likeness (QED) is 0.797. The molecule has 2 amide bonds. The summed E-state index contributed by atoms with van der Waals surface area (Å²) in [4.78, 5) is 29.1. The lowest BCUT2D eigenvalue weighted by atomic mass is 10.0. The zero-order valence-corrected chi connectivity index (χ0v) is 14.2. The number of nitrogens with zero attached hydrogens (tertiary/aromatic N) is 3. The van der Waals surface area contributed by atoms with Gasteiger partial charge in [0.05, 0.1) is 42.8 Å². The van der Waals surface area contributed by atoms with E-state index in [-0.39, 0.29) is 46.7 Å². The lowest BCUT2D eigenvalue weighted by Gasteiger charge is -2.43. The first-order valence-corrected chi connectivity index (χ1v) is 8.60. The van der Waals surface area contributed by atoms with Gasteiger partial charge in [0.25, 0.3) is 5.91 Å². The van der Waals surface area contributed by atoms with E-state index in [9.17, 15) is 14.7 Å². The highest BCUT2D eigenvalue weighted by atomic mass is 16.5. The predicted octanol–water partition coefficient (Wildman–Crippen LogP) is 0.892. The van der Waals surface area contributed by atoms with Crippen molar-refractivity contribution in [3.05, 3.63) is 41.5 Å². The van der Waals surface area contributed by atoms with Crippen molar-refractivity contribution < 1.29 is 19.4 Å². The number of amides is 2. The highest BCUT2D eigenvalue weighted by Gasteiger charge is 2.48. The van der Waals surface area contributed by atoms with Gasteiger partial charge in [0.15, 0.2) is 0 Å². The van der Waals surface area contributed by atoms with E-state index in [4.69, 9.17) is 10.00 Å². The highest BCUT2D eigenvalue weighted by Crippen LogP contribution is 2.39. The number of benzene rings is 1. The maximum Gasteiger partial charge on any atom is 0.254 e. The Morgan fingerprint density at radius 1 is 1.19 bits per heavy atom. The van der Waals surface area contributed by atoms with Crippen LogP contribution in [0.4, 0.5) is 0 Å². The molecule has 7 heteroatoms. The van der Waals surface area contributed by atoms with Crippen molar-refractivity contribution in [2.45, 2.75) is 18.5 Å². The molecule has 1 aromatic carbocycles. The van der Waals surface area contributed by atoms with Gasteiger partial charge < -0.3 is 19.6 Å². The summed E-state index contributed by atoms with van der Waals surface area (Å²) in [6.07, 6.45) is 0.746. The Hall–Kier alpha value is -2.85. The molecule has 134 valence electrons. The van der Waals surface area contributed by atoms with Crippen molar-refractivity contribution in [1.29, 1.82) is 5.26 Å². The van der Waals surface area contributed by atoms with Crippen molar-refractivity contribution in [1.82, 2.24) is 9.80 Å². The lowest BCUT2D eigenvalue weighted by molar-refractivity contribution is -0.137. The second kappa shape index (κ2) is 6.15. The van der Waals surface area contributed by atoms with Crippen LogP contribution in [0.5, 0.6) is 5.75 Å². The molecule has 2 heterocycles. The first-order chi connectivity index (χ1) is 12.5. The van der Waals surface area contributed by atoms with Gasteiger partial charge in [-0.1, -0.05) is 12.2 Å². The van der Waals surface area contributed by atoms with Gasteiger partial charge in [-0.3, -0.25) is 9.59 Å². The van der Waals surface area contributed by atoms with E-state index in [2.05, 4.69) is 6.58 Å². The molecule has 1 aromatic rings. The fourth-order valence-corrected chi connectivity index (χ4v) is 3.83. The topological polar surface area (TPSA) is 93.9 Å². The molecule has 3 fully saturated rings. The van der Waals surface area contributed by atoms with Crippen molar-refractivity contribution >= 4 is 11.8 Å². The minimum Gasteiger partial charge on any atom is -0.508 e. The Morgan fingerprint density at radius 2 is 1.85 bits per heavy atom. The second-order valence-electron chi connectivity index (χ2n) is 7.00. The number of fused-ring (bicyclic) bond motifs is 1. The zero-order valence-electron chi connectivity index (χ0n) is 14.2. The Kier molecular flexibility index (Phi) is 3.93. The normalized spacial score (nSPS) is 27.0. The average Bonchev–Trinajstić information content (AvgIpc) is 3.16. The number of piperazine rings is 1. The third kappa shape index (κ3) is 2.72. The monoisotopic (exact) mass is 353 g/mol. The van der Waals surface area contributed by atoms with Gasteiger partial charge in [-0.25, -0.2) is 0 Å². The van der Waals surface area contributed by atoms with Crippen LogP contribution in [0.1, 0.15) is 22.3 Å². The largest absolute Gasteiger partial charge is 0.508 e. The van der Waals surface area contributed by atoms with Crippen LogP contribution >= 0.6 is 0 Å². The van der Waals surface area contributed by atoms with E-state index >= 15 is 0 Å². The van der Waals surface area contributed by atoms with Crippen molar-refractivity contribution in [3.63, 3.8) is 0 Å². The Balaban J connectivity index is 1.56. The molecule has 2 aliphatic heterocycles. The Morgan fingerprint density at radius 3 is 2.50 bits per heavy atom. The molecule has 1 N–H and O–H groups in total. The van der Waals surface area contributed by atoms with E-state index in [1.54, 1.807) is 4.90 Å². The summed E-state index contributed by atoms with van der Waals surface area (Å²) in [6, 6.07) is 5.70. The number of ether oxygens (including phenoxy) is 1. The lowest BCUT2D eigenvalue weighted by Crippen LogP contribution is -2.62. The molecule has 1 saturated carbocycles. The fourth-order valence-electron chi connectivity index (χ4n) is 3.83. The van der Waals surface area contributed by atoms with E-state index in [0.717, 1.165) is 12.0 Å². The smallest absolute Gasteiger partial charge is 0.254 e. The van der Waals surface area contributed by atoms with Gasteiger partial charge in [-0.15, -0.1) is 0 Å². The van der Waals surface area contributed by atoms with Gasteiger partial charge in [0.1, 0.15) is 5.75 Å². The van der Waals surface area contributed by atoms with Crippen LogP contribution < -0.4 is 0 Å². The minimum atomic E-state index is -0.263. The minimum absolute atomic E-state index is 0.0757. The van der Waals surface area contributed by atoms with Crippen LogP contribution in [-0.4, -0.2) is 65.1 Å². The van der Waals surface area contributed by atoms with E-state index < -0.39 is 0 Å². The van der Waals surface area contributed by atoms with Crippen molar-refractivity contribution in [2.75, 3.05) is 26.3 Å². The molecule has 7 nitrogen and oxygen atoms in total. The predicted molar refractivity (Wildman–Crippen MR) is 91.2 cm³/mol. The van der Waals surface area contributed by atoms with E-state index in [1.165, 1.54) is 18.2 Å². The van der Waals surface area contributed by atoms with Crippen LogP contribution in [0.2, 0.25) is 0 Å². The molecule has 1 unspecified atom stereocenters. The number of phenols is 1. The summed E-state index contributed by atoms with van der Waals surface area (Å²) in [5.74, 6) is -0.386.